The number of benzene rings is 1. The number of nitrogens with one attached hydrogen (secondary N) is 1. The lowest BCUT2D eigenvalue weighted by Gasteiger charge is -2.23. The Kier molecular flexibility index (Phi) is 3.31. The summed E-state index contributed by atoms with van der Waals surface area (Å²) >= 11 is 0. The van der Waals surface area contributed by atoms with Crippen LogP contribution in [-0.4, -0.2) is 23.7 Å². The third kappa shape index (κ3) is 2.27. The molecule has 2 N–H and O–H groups in total. The Balaban J connectivity index is 1.71. The molecule has 3 nitrogen and oxygen atoms in total. The first-order chi connectivity index (χ1) is 9.26. The van der Waals surface area contributed by atoms with E-state index in [9.17, 15) is 9.90 Å². The Hall–Kier alpha value is -1.35. The molecule has 0 heterocycles. The molecular weight excluding hydrogens is 238 g/mol. The van der Waals surface area contributed by atoms with E-state index in [0.29, 0.717) is 0 Å². The first-order valence-electron chi connectivity index (χ1n) is 7.23. The van der Waals surface area contributed by atoms with Crippen molar-refractivity contribution in [1.82, 2.24) is 5.32 Å². The van der Waals surface area contributed by atoms with Gasteiger partial charge >= 0.3 is 0 Å². The molecule has 0 aromatic heterocycles. The van der Waals surface area contributed by atoms with Gasteiger partial charge in [0, 0.05) is 18.6 Å². The highest BCUT2D eigenvalue weighted by atomic mass is 16.3. The Morgan fingerprint density at radius 2 is 2.00 bits per heavy atom. The molecule has 19 heavy (non-hydrogen) atoms. The van der Waals surface area contributed by atoms with E-state index in [2.05, 4.69) is 5.32 Å². The fourth-order valence-corrected chi connectivity index (χ4v) is 3.28. The summed E-state index contributed by atoms with van der Waals surface area (Å²) in [4.78, 5) is 12.6. The fourth-order valence-electron chi connectivity index (χ4n) is 3.28. The lowest BCUT2D eigenvalue weighted by Crippen LogP contribution is -2.44. The predicted molar refractivity (Wildman–Crippen MR) is 73.7 cm³/mol. The minimum absolute atomic E-state index is 0.157. The molecule has 0 aliphatic heterocycles. The zero-order valence-corrected chi connectivity index (χ0v) is 11.1. The van der Waals surface area contributed by atoms with E-state index in [1.807, 2.05) is 30.3 Å². The molecule has 0 saturated heterocycles. The van der Waals surface area contributed by atoms with Gasteiger partial charge in [0.15, 0.2) is 0 Å². The van der Waals surface area contributed by atoms with Gasteiger partial charge in [-0.15, -0.1) is 0 Å². The van der Waals surface area contributed by atoms with Crippen molar-refractivity contribution in [2.24, 2.45) is 5.92 Å². The van der Waals surface area contributed by atoms with E-state index >= 15 is 0 Å². The van der Waals surface area contributed by atoms with Gasteiger partial charge in [0.1, 0.15) is 0 Å². The summed E-state index contributed by atoms with van der Waals surface area (Å²) in [5.41, 5.74) is 0.843. The van der Waals surface area contributed by atoms with Crippen molar-refractivity contribution in [2.45, 2.75) is 43.6 Å². The Morgan fingerprint density at radius 3 is 2.63 bits per heavy atom. The van der Waals surface area contributed by atoms with Crippen molar-refractivity contribution in [3.63, 3.8) is 0 Å². The summed E-state index contributed by atoms with van der Waals surface area (Å²) in [5, 5.41) is 12.5. The van der Waals surface area contributed by atoms with Crippen LogP contribution in [0.4, 0.5) is 0 Å². The average Bonchev–Trinajstić information content (AvgIpc) is 3.15. The molecule has 2 aliphatic rings. The number of carbonyl (C=O) groups is 1. The van der Waals surface area contributed by atoms with Crippen molar-refractivity contribution in [2.75, 3.05) is 6.61 Å². The summed E-state index contributed by atoms with van der Waals surface area (Å²) in [6, 6.07) is 10.2. The van der Waals surface area contributed by atoms with Gasteiger partial charge in [0.25, 0.3) is 0 Å². The summed E-state index contributed by atoms with van der Waals surface area (Å²) in [6.07, 6.45) is 5.02. The van der Waals surface area contributed by atoms with Gasteiger partial charge in [0.2, 0.25) is 5.91 Å². The van der Waals surface area contributed by atoms with Crippen LogP contribution in [0.2, 0.25) is 0 Å². The first kappa shape index (κ1) is 12.7. The minimum Gasteiger partial charge on any atom is -0.396 e. The van der Waals surface area contributed by atoms with Crippen LogP contribution in [0.1, 0.15) is 37.7 Å². The molecule has 2 unspecified atom stereocenters. The van der Waals surface area contributed by atoms with E-state index in [-0.39, 0.29) is 29.9 Å². The maximum Gasteiger partial charge on any atom is 0.230 e. The van der Waals surface area contributed by atoms with E-state index in [1.165, 1.54) is 0 Å². The molecule has 1 aromatic carbocycles. The zero-order chi connectivity index (χ0) is 13.3. The second-order valence-corrected chi connectivity index (χ2v) is 5.90. The van der Waals surface area contributed by atoms with Crippen LogP contribution < -0.4 is 5.32 Å². The topological polar surface area (TPSA) is 49.3 Å². The minimum atomic E-state index is -0.288. The standard InChI is InChI=1S/C16H21NO2/c18-11-12-5-4-8-14(12)17-15(19)16(9-10-16)13-6-2-1-3-7-13/h1-3,6-7,12,14,18H,4-5,8-11H2,(H,17,19). The highest BCUT2D eigenvalue weighted by molar-refractivity contribution is 5.91. The lowest BCUT2D eigenvalue weighted by molar-refractivity contribution is -0.124. The largest absolute Gasteiger partial charge is 0.396 e. The van der Waals surface area contributed by atoms with Crippen molar-refractivity contribution in [3.8, 4) is 0 Å². The van der Waals surface area contributed by atoms with Crippen molar-refractivity contribution in [1.29, 1.82) is 0 Å². The number of aliphatic hydroxyl groups is 1. The molecule has 0 radical (unpaired) electrons. The second kappa shape index (κ2) is 4.97. The van der Waals surface area contributed by atoms with Gasteiger partial charge in [0.05, 0.1) is 5.41 Å². The van der Waals surface area contributed by atoms with Crippen molar-refractivity contribution >= 4 is 5.91 Å². The summed E-state index contributed by atoms with van der Waals surface area (Å²) in [7, 11) is 0. The highest BCUT2D eigenvalue weighted by Gasteiger charge is 2.51. The predicted octanol–water partition coefficient (Wildman–Crippen LogP) is 2.00. The third-order valence-electron chi connectivity index (χ3n) is 4.72. The van der Waals surface area contributed by atoms with E-state index in [0.717, 1.165) is 37.7 Å². The normalized spacial score (nSPS) is 28.1. The SMILES string of the molecule is O=C(NC1CCCC1CO)C1(c2ccccc2)CC1. The van der Waals surface area contributed by atoms with E-state index < -0.39 is 0 Å². The molecule has 0 bridgehead atoms. The molecule has 102 valence electrons. The van der Waals surface area contributed by atoms with E-state index in [1.54, 1.807) is 0 Å². The Morgan fingerprint density at radius 1 is 1.26 bits per heavy atom. The maximum absolute atomic E-state index is 12.6. The Bertz CT molecular complexity index is 453. The number of amides is 1. The molecule has 2 fully saturated rings. The van der Waals surface area contributed by atoms with Crippen LogP contribution in [0.25, 0.3) is 0 Å². The van der Waals surface area contributed by atoms with Crippen LogP contribution >= 0.6 is 0 Å². The zero-order valence-electron chi connectivity index (χ0n) is 11.1. The van der Waals surface area contributed by atoms with Gasteiger partial charge in [-0.1, -0.05) is 36.8 Å². The number of hydrogen-bond acceptors (Lipinski definition) is 2. The van der Waals surface area contributed by atoms with E-state index in [4.69, 9.17) is 0 Å². The molecule has 2 saturated carbocycles. The molecule has 2 atom stereocenters. The van der Waals surface area contributed by atoms with Gasteiger partial charge in [-0.05, 0) is 31.2 Å². The van der Waals surface area contributed by atoms with Crippen LogP contribution in [0.15, 0.2) is 30.3 Å². The number of rotatable bonds is 4. The summed E-state index contributed by atoms with van der Waals surface area (Å²) in [6.45, 7) is 0.184. The third-order valence-corrected chi connectivity index (χ3v) is 4.72. The van der Waals surface area contributed by atoms with Crippen molar-refractivity contribution < 1.29 is 9.90 Å². The van der Waals surface area contributed by atoms with Gasteiger partial charge in [-0.25, -0.2) is 0 Å². The van der Waals surface area contributed by atoms with Gasteiger partial charge in [-0.3, -0.25) is 4.79 Å². The molecule has 1 amide bonds. The number of carbonyl (C=O) groups excluding carboxylic acids is 1. The highest BCUT2D eigenvalue weighted by Crippen LogP contribution is 2.48. The maximum atomic E-state index is 12.6. The molecule has 0 spiro atoms. The smallest absolute Gasteiger partial charge is 0.230 e. The molecule has 2 aliphatic carbocycles. The quantitative estimate of drug-likeness (QED) is 0.869. The van der Waals surface area contributed by atoms with Crippen molar-refractivity contribution in [3.05, 3.63) is 35.9 Å². The van der Waals surface area contributed by atoms with Gasteiger partial charge < -0.3 is 10.4 Å². The first-order valence-corrected chi connectivity index (χ1v) is 7.23. The monoisotopic (exact) mass is 259 g/mol. The second-order valence-electron chi connectivity index (χ2n) is 5.90. The Labute approximate surface area is 114 Å². The fraction of sp³-hybridized carbons (Fsp3) is 0.562. The van der Waals surface area contributed by atoms with Crippen LogP contribution in [0.5, 0.6) is 0 Å². The number of hydrogen-bond donors (Lipinski definition) is 2. The molecular formula is C16H21NO2. The van der Waals surface area contributed by atoms with Crippen LogP contribution in [0, 0.1) is 5.92 Å². The van der Waals surface area contributed by atoms with Crippen LogP contribution in [-0.2, 0) is 10.2 Å². The lowest BCUT2D eigenvalue weighted by atomic mass is 9.94. The summed E-state index contributed by atoms with van der Waals surface area (Å²) in [5.74, 6) is 0.402. The average molecular weight is 259 g/mol. The van der Waals surface area contributed by atoms with Gasteiger partial charge in [-0.2, -0.15) is 0 Å². The summed E-state index contributed by atoms with van der Waals surface area (Å²) < 4.78 is 0. The molecule has 3 heteroatoms. The molecule has 3 rings (SSSR count). The molecule has 1 aromatic rings. The van der Waals surface area contributed by atoms with Crippen LogP contribution in [0.3, 0.4) is 0 Å². The number of aliphatic hydroxyl groups excluding tert-OH is 1.